The first-order valence-electron chi connectivity index (χ1n) is 4.59. The number of esters is 1. The molecule has 0 heterocycles. The molecule has 0 N–H and O–H groups in total. The van der Waals surface area contributed by atoms with Gasteiger partial charge in [-0.3, -0.25) is 4.79 Å². The quantitative estimate of drug-likeness (QED) is 0.624. The molecule has 4 heteroatoms. The third-order valence-corrected chi connectivity index (χ3v) is 2.62. The fraction of sp³-hybridized carbons (Fsp3) is 0.364. The van der Waals surface area contributed by atoms with Crippen LogP contribution >= 0.6 is 15.9 Å². The van der Waals surface area contributed by atoms with E-state index in [0.29, 0.717) is 17.3 Å². The zero-order chi connectivity index (χ0) is 11.3. The van der Waals surface area contributed by atoms with Crippen LogP contribution in [0.15, 0.2) is 24.3 Å². The Morgan fingerprint density at radius 1 is 1.53 bits per heavy atom. The van der Waals surface area contributed by atoms with E-state index in [4.69, 9.17) is 0 Å². The van der Waals surface area contributed by atoms with Crippen LogP contribution in [0.2, 0.25) is 0 Å². The lowest BCUT2D eigenvalue weighted by Gasteiger charge is -2.14. The third-order valence-electron chi connectivity index (χ3n) is 2.16. The number of hydrogen-bond acceptors (Lipinski definition) is 2. The lowest BCUT2D eigenvalue weighted by Crippen LogP contribution is -2.16. The second kappa shape index (κ2) is 5.85. The van der Waals surface area contributed by atoms with Crippen LogP contribution in [-0.4, -0.2) is 18.4 Å². The summed E-state index contributed by atoms with van der Waals surface area (Å²) in [6, 6.07) is 6.27. The number of alkyl halides is 1. The SMILES string of the molecule is COC(=O)C(CCBr)c1ccccc1F. The summed E-state index contributed by atoms with van der Waals surface area (Å²) in [4.78, 5) is 11.4. The van der Waals surface area contributed by atoms with Gasteiger partial charge in [0.15, 0.2) is 0 Å². The molecule has 1 atom stereocenters. The Labute approximate surface area is 96.6 Å². The zero-order valence-corrected chi connectivity index (χ0v) is 9.96. The molecular weight excluding hydrogens is 263 g/mol. The third kappa shape index (κ3) is 3.02. The first-order valence-corrected chi connectivity index (χ1v) is 5.71. The summed E-state index contributed by atoms with van der Waals surface area (Å²) in [5, 5.41) is 0.626. The number of ether oxygens (including phenoxy) is 1. The number of methoxy groups -OCH3 is 1. The molecule has 1 rings (SSSR count). The van der Waals surface area contributed by atoms with E-state index in [-0.39, 0.29) is 5.82 Å². The van der Waals surface area contributed by atoms with Crippen LogP contribution < -0.4 is 0 Å². The van der Waals surface area contributed by atoms with Crippen LogP contribution in [0, 0.1) is 5.82 Å². The van der Waals surface area contributed by atoms with Gasteiger partial charge in [0.05, 0.1) is 13.0 Å². The van der Waals surface area contributed by atoms with Gasteiger partial charge in [-0.05, 0) is 12.5 Å². The lowest BCUT2D eigenvalue weighted by atomic mass is 9.96. The minimum absolute atomic E-state index is 0.367. The monoisotopic (exact) mass is 274 g/mol. The van der Waals surface area contributed by atoms with E-state index >= 15 is 0 Å². The number of carbonyl (C=O) groups is 1. The molecule has 0 amide bonds. The van der Waals surface area contributed by atoms with Gasteiger partial charge in [-0.15, -0.1) is 0 Å². The summed E-state index contributed by atoms with van der Waals surface area (Å²) in [6.45, 7) is 0. The molecule has 0 fully saturated rings. The van der Waals surface area contributed by atoms with Gasteiger partial charge in [-0.25, -0.2) is 4.39 Å². The highest BCUT2D eigenvalue weighted by atomic mass is 79.9. The molecule has 0 saturated heterocycles. The normalized spacial score (nSPS) is 12.2. The molecule has 1 aromatic rings. The molecule has 0 aliphatic rings. The summed E-state index contributed by atoms with van der Waals surface area (Å²) in [6.07, 6.45) is 0.521. The molecule has 0 aromatic heterocycles. The van der Waals surface area contributed by atoms with Crippen molar-refractivity contribution >= 4 is 21.9 Å². The van der Waals surface area contributed by atoms with Crippen molar-refractivity contribution < 1.29 is 13.9 Å². The van der Waals surface area contributed by atoms with Crippen molar-refractivity contribution in [2.24, 2.45) is 0 Å². The summed E-state index contributed by atoms with van der Waals surface area (Å²) in [5.74, 6) is -1.30. The Hall–Kier alpha value is -0.900. The highest BCUT2D eigenvalue weighted by Crippen LogP contribution is 2.24. The number of carbonyl (C=O) groups excluding carboxylic acids is 1. The van der Waals surface area contributed by atoms with E-state index in [2.05, 4.69) is 20.7 Å². The Bertz CT molecular complexity index is 341. The van der Waals surface area contributed by atoms with Crippen molar-refractivity contribution in [1.29, 1.82) is 0 Å². The average Bonchev–Trinajstić information content (AvgIpc) is 2.26. The molecule has 1 aromatic carbocycles. The molecule has 0 radical (unpaired) electrons. The van der Waals surface area contributed by atoms with Gasteiger partial charge in [0, 0.05) is 10.9 Å². The average molecular weight is 275 g/mol. The summed E-state index contributed by atoms with van der Waals surface area (Å²) < 4.78 is 18.1. The maximum Gasteiger partial charge on any atom is 0.313 e. The van der Waals surface area contributed by atoms with Crippen molar-refractivity contribution in [1.82, 2.24) is 0 Å². The van der Waals surface area contributed by atoms with Crippen LogP contribution in [-0.2, 0) is 9.53 Å². The van der Waals surface area contributed by atoms with E-state index in [9.17, 15) is 9.18 Å². The van der Waals surface area contributed by atoms with Crippen molar-refractivity contribution in [3.63, 3.8) is 0 Å². The molecule has 1 unspecified atom stereocenters. The van der Waals surface area contributed by atoms with Crippen LogP contribution in [0.1, 0.15) is 17.9 Å². The van der Waals surface area contributed by atoms with Gasteiger partial charge in [0.2, 0.25) is 0 Å². The van der Waals surface area contributed by atoms with Crippen LogP contribution in [0.4, 0.5) is 4.39 Å². The highest BCUT2D eigenvalue weighted by Gasteiger charge is 2.23. The Morgan fingerprint density at radius 2 is 2.20 bits per heavy atom. The Kier molecular flexibility index (Phi) is 4.75. The Morgan fingerprint density at radius 3 is 2.73 bits per heavy atom. The van der Waals surface area contributed by atoms with E-state index in [0.717, 1.165) is 0 Å². The summed E-state index contributed by atoms with van der Waals surface area (Å²) in [5.41, 5.74) is 0.392. The van der Waals surface area contributed by atoms with Crippen molar-refractivity contribution in [2.45, 2.75) is 12.3 Å². The fourth-order valence-corrected chi connectivity index (χ4v) is 1.87. The van der Waals surface area contributed by atoms with Gasteiger partial charge >= 0.3 is 5.97 Å². The number of halogens is 2. The number of rotatable bonds is 4. The molecule has 0 aliphatic carbocycles. The molecular formula is C11H12BrFO2. The molecule has 0 bridgehead atoms. The zero-order valence-electron chi connectivity index (χ0n) is 8.37. The molecule has 15 heavy (non-hydrogen) atoms. The molecule has 0 saturated carbocycles. The van der Waals surface area contributed by atoms with Crippen molar-refractivity contribution in [3.05, 3.63) is 35.6 Å². The fourth-order valence-electron chi connectivity index (χ4n) is 1.41. The largest absolute Gasteiger partial charge is 0.469 e. The maximum atomic E-state index is 13.4. The molecule has 0 aliphatic heterocycles. The van der Waals surface area contributed by atoms with Gasteiger partial charge in [0.25, 0.3) is 0 Å². The first kappa shape index (κ1) is 12.2. The second-order valence-electron chi connectivity index (χ2n) is 3.07. The molecule has 0 spiro atoms. The van der Waals surface area contributed by atoms with E-state index in [1.165, 1.54) is 13.2 Å². The standard InChI is InChI=1S/C11H12BrFO2/c1-15-11(14)9(6-7-12)8-4-2-3-5-10(8)13/h2-5,9H,6-7H2,1H3. The summed E-state index contributed by atoms with van der Waals surface area (Å²) >= 11 is 3.24. The van der Waals surface area contributed by atoms with E-state index in [1.807, 2.05) is 0 Å². The number of hydrogen-bond donors (Lipinski definition) is 0. The van der Waals surface area contributed by atoms with Gasteiger partial charge in [-0.1, -0.05) is 34.1 Å². The van der Waals surface area contributed by atoms with Crippen molar-refractivity contribution in [2.75, 3.05) is 12.4 Å². The molecule has 82 valence electrons. The number of benzene rings is 1. The lowest BCUT2D eigenvalue weighted by molar-refractivity contribution is -0.142. The van der Waals surface area contributed by atoms with E-state index in [1.54, 1.807) is 18.2 Å². The minimum Gasteiger partial charge on any atom is -0.469 e. The topological polar surface area (TPSA) is 26.3 Å². The van der Waals surface area contributed by atoms with Gasteiger partial charge < -0.3 is 4.74 Å². The second-order valence-corrected chi connectivity index (χ2v) is 3.87. The minimum atomic E-state index is -0.532. The summed E-state index contributed by atoms with van der Waals surface area (Å²) in [7, 11) is 1.31. The van der Waals surface area contributed by atoms with E-state index < -0.39 is 11.9 Å². The van der Waals surface area contributed by atoms with Crippen LogP contribution in [0.3, 0.4) is 0 Å². The predicted octanol–water partition coefficient (Wildman–Crippen LogP) is 2.87. The van der Waals surface area contributed by atoms with Crippen LogP contribution in [0.25, 0.3) is 0 Å². The molecule has 2 nitrogen and oxygen atoms in total. The van der Waals surface area contributed by atoms with Crippen molar-refractivity contribution in [3.8, 4) is 0 Å². The predicted molar refractivity (Wildman–Crippen MR) is 59.6 cm³/mol. The van der Waals surface area contributed by atoms with Gasteiger partial charge in [-0.2, -0.15) is 0 Å². The highest BCUT2D eigenvalue weighted by molar-refractivity contribution is 9.09. The van der Waals surface area contributed by atoms with Gasteiger partial charge in [0.1, 0.15) is 5.82 Å². The maximum absolute atomic E-state index is 13.4. The van der Waals surface area contributed by atoms with Crippen LogP contribution in [0.5, 0.6) is 0 Å². The Balaban J connectivity index is 2.98. The smallest absolute Gasteiger partial charge is 0.313 e. The first-order chi connectivity index (χ1) is 7.20.